The van der Waals surface area contributed by atoms with Crippen LogP contribution in [0.4, 0.5) is 5.69 Å². The van der Waals surface area contributed by atoms with Crippen LogP contribution in [0.1, 0.15) is 40.4 Å². The number of fused-ring (bicyclic) bond motifs is 1. The maximum absolute atomic E-state index is 12.7. The van der Waals surface area contributed by atoms with Gasteiger partial charge in [-0.15, -0.1) is 0 Å². The molecule has 0 aliphatic carbocycles. The summed E-state index contributed by atoms with van der Waals surface area (Å²) in [5.74, 6) is 0.875. The summed E-state index contributed by atoms with van der Waals surface area (Å²) in [6.45, 7) is 8.70. The highest BCUT2D eigenvalue weighted by Gasteiger charge is 2.13. The van der Waals surface area contributed by atoms with Gasteiger partial charge in [-0.1, -0.05) is 19.1 Å². The minimum atomic E-state index is -0.307. The Hall–Kier alpha value is -3.71. The number of aryl methyl sites for hydroxylation is 3. The molecule has 0 saturated carbocycles. The van der Waals surface area contributed by atoms with Gasteiger partial charge in [0.15, 0.2) is 10.7 Å². The molecule has 4 rings (SSSR count). The maximum atomic E-state index is 12.7. The first-order valence-electron chi connectivity index (χ1n) is 11.2. The van der Waals surface area contributed by atoms with Gasteiger partial charge in [0.25, 0.3) is 5.91 Å². The largest absolute Gasteiger partial charge is 0.494 e. The van der Waals surface area contributed by atoms with Crippen molar-refractivity contribution in [2.75, 3.05) is 11.9 Å². The van der Waals surface area contributed by atoms with Crippen LogP contribution in [0.25, 0.3) is 22.6 Å². The molecule has 6 nitrogen and oxygen atoms in total. The minimum absolute atomic E-state index is 0.203. The highest BCUT2D eigenvalue weighted by atomic mass is 32.1. The number of anilines is 1. The number of aromatic nitrogens is 1. The fraction of sp³-hybridized carbons (Fsp3) is 0.222. The Labute approximate surface area is 204 Å². The molecule has 0 atom stereocenters. The highest BCUT2D eigenvalue weighted by Crippen LogP contribution is 2.29. The lowest BCUT2D eigenvalue weighted by Crippen LogP contribution is -2.34. The van der Waals surface area contributed by atoms with Gasteiger partial charge in [0.2, 0.25) is 5.89 Å². The standard InChI is InChI=1S/C27H27N3O3S/c1-5-11-32-21-8-6-7-19(14-21)25(31)30-27(34)29-22-15-20(10-9-16(22)2)26-28-23-12-17(3)18(4)13-24(23)33-26/h6-10,12-15H,5,11H2,1-4H3,(H2,29,30,31,34). The van der Waals surface area contributed by atoms with E-state index in [4.69, 9.17) is 21.4 Å². The van der Waals surface area contributed by atoms with E-state index in [9.17, 15) is 4.79 Å². The Kier molecular flexibility index (Phi) is 6.93. The van der Waals surface area contributed by atoms with Crippen LogP contribution in [0.2, 0.25) is 0 Å². The Morgan fingerprint density at radius 3 is 2.62 bits per heavy atom. The third-order valence-electron chi connectivity index (χ3n) is 5.53. The number of hydrogen-bond acceptors (Lipinski definition) is 5. The monoisotopic (exact) mass is 473 g/mol. The van der Waals surface area contributed by atoms with Crippen LogP contribution in [-0.2, 0) is 0 Å². The molecule has 174 valence electrons. The molecule has 0 bridgehead atoms. The highest BCUT2D eigenvalue weighted by molar-refractivity contribution is 7.80. The van der Waals surface area contributed by atoms with E-state index in [0.29, 0.717) is 23.8 Å². The van der Waals surface area contributed by atoms with Crippen molar-refractivity contribution >= 4 is 40.0 Å². The number of carbonyl (C=O) groups is 1. The molecule has 0 spiro atoms. The van der Waals surface area contributed by atoms with Crippen molar-refractivity contribution in [3.05, 3.63) is 76.9 Å². The van der Waals surface area contributed by atoms with Crippen LogP contribution in [0.15, 0.2) is 59.0 Å². The molecule has 3 aromatic carbocycles. The van der Waals surface area contributed by atoms with Gasteiger partial charge < -0.3 is 14.5 Å². The normalized spacial score (nSPS) is 10.8. The van der Waals surface area contributed by atoms with Crippen molar-refractivity contribution in [1.82, 2.24) is 10.3 Å². The fourth-order valence-electron chi connectivity index (χ4n) is 3.47. The van der Waals surface area contributed by atoms with E-state index >= 15 is 0 Å². The summed E-state index contributed by atoms with van der Waals surface area (Å²) < 4.78 is 11.6. The first-order chi connectivity index (χ1) is 16.3. The van der Waals surface area contributed by atoms with Crippen molar-refractivity contribution in [3.63, 3.8) is 0 Å². The van der Waals surface area contributed by atoms with E-state index in [1.807, 2.05) is 50.2 Å². The number of ether oxygens (including phenoxy) is 1. The van der Waals surface area contributed by atoms with Crippen LogP contribution >= 0.6 is 12.2 Å². The van der Waals surface area contributed by atoms with Crippen molar-refractivity contribution in [2.24, 2.45) is 0 Å². The number of nitrogens with one attached hydrogen (secondary N) is 2. The first kappa shape index (κ1) is 23.4. The molecule has 0 aliphatic heterocycles. The van der Waals surface area contributed by atoms with E-state index in [1.165, 1.54) is 5.56 Å². The van der Waals surface area contributed by atoms with E-state index in [-0.39, 0.29) is 11.0 Å². The van der Waals surface area contributed by atoms with Crippen molar-refractivity contribution in [3.8, 4) is 17.2 Å². The van der Waals surface area contributed by atoms with Gasteiger partial charge in [-0.05, 0) is 98.6 Å². The lowest BCUT2D eigenvalue weighted by molar-refractivity contribution is 0.0977. The molecule has 0 unspecified atom stereocenters. The van der Waals surface area contributed by atoms with Crippen molar-refractivity contribution < 1.29 is 13.9 Å². The van der Waals surface area contributed by atoms with Gasteiger partial charge >= 0.3 is 0 Å². The summed E-state index contributed by atoms with van der Waals surface area (Å²) >= 11 is 5.40. The molecule has 7 heteroatoms. The summed E-state index contributed by atoms with van der Waals surface area (Å²) in [6.07, 6.45) is 0.895. The number of thiocarbonyl (C=S) groups is 1. The molecule has 34 heavy (non-hydrogen) atoms. The summed E-state index contributed by atoms with van der Waals surface area (Å²) in [5.41, 5.74) is 6.92. The quantitative estimate of drug-likeness (QED) is 0.319. The molecule has 0 fully saturated rings. The second-order valence-corrected chi connectivity index (χ2v) is 8.65. The smallest absolute Gasteiger partial charge is 0.257 e. The van der Waals surface area contributed by atoms with Crippen LogP contribution in [0, 0.1) is 20.8 Å². The van der Waals surface area contributed by atoms with Crippen LogP contribution in [0.5, 0.6) is 5.75 Å². The number of oxazole rings is 1. The lowest BCUT2D eigenvalue weighted by atomic mass is 10.1. The first-order valence-corrected chi connectivity index (χ1v) is 11.6. The second-order valence-electron chi connectivity index (χ2n) is 8.24. The van der Waals surface area contributed by atoms with Crippen molar-refractivity contribution in [1.29, 1.82) is 0 Å². The molecule has 0 aliphatic rings. The molecule has 1 aromatic heterocycles. The van der Waals surface area contributed by atoms with Gasteiger partial charge in [0.1, 0.15) is 11.3 Å². The zero-order valence-electron chi connectivity index (χ0n) is 19.7. The van der Waals surface area contributed by atoms with E-state index < -0.39 is 0 Å². The number of hydrogen-bond donors (Lipinski definition) is 2. The van der Waals surface area contributed by atoms with Crippen LogP contribution in [-0.4, -0.2) is 22.6 Å². The molecule has 4 aromatic rings. The Morgan fingerprint density at radius 1 is 1.03 bits per heavy atom. The zero-order chi connectivity index (χ0) is 24.2. The lowest BCUT2D eigenvalue weighted by Gasteiger charge is -2.13. The van der Waals surface area contributed by atoms with Gasteiger partial charge in [0.05, 0.1) is 6.61 Å². The third-order valence-corrected chi connectivity index (χ3v) is 5.74. The number of rotatable bonds is 6. The predicted octanol–water partition coefficient (Wildman–Crippen LogP) is 6.34. The number of carbonyl (C=O) groups excluding carboxylic acids is 1. The molecular weight excluding hydrogens is 446 g/mol. The minimum Gasteiger partial charge on any atom is -0.494 e. The average molecular weight is 474 g/mol. The van der Waals surface area contributed by atoms with Gasteiger partial charge in [-0.3, -0.25) is 10.1 Å². The number of benzene rings is 3. The van der Waals surface area contributed by atoms with Crippen LogP contribution in [0.3, 0.4) is 0 Å². The number of amides is 1. The van der Waals surface area contributed by atoms with E-state index in [1.54, 1.807) is 18.2 Å². The SMILES string of the molecule is CCCOc1cccc(C(=O)NC(=S)Nc2cc(-c3nc4cc(C)c(C)cc4o3)ccc2C)c1. The molecule has 1 heterocycles. The zero-order valence-corrected chi connectivity index (χ0v) is 20.5. The van der Waals surface area contributed by atoms with Crippen molar-refractivity contribution in [2.45, 2.75) is 34.1 Å². The summed E-state index contributed by atoms with van der Waals surface area (Å²) in [4.78, 5) is 17.3. The molecule has 1 amide bonds. The molecule has 0 radical (unpaired) electrons. The topological polar surface area (TPSA) is 76.4 Å². The summed E-state index contributed by atoms with van der Waals surface area (Å²) in [7, 11) is 0. The maximum Gasteiger partial charge on any atom is 0.257 e. The average Bonchev–Trinajstić information content (AvgIpc) is 3.22. The number of nitrogens with zero attached hydrogens (tertiary/aromatic N) is 1. The van der Waals surface area contributed by atoms with Gasteiger partial charge in [-0.25, -0.2) is 4.98 Å². The Balaban J connectivity index is 1.49. The van der Waals surface area contributed by atoms with E-state index in [0.717, 1.165) is 39.9 Å². The Morgan fingerprint density at radius 2 is 1.82 bits per heavy atom. The molecular formula is C27H27N3O3S. The second kappa shape index (κ2) is 10.1. The van der Waals surface area contributed by atoms with Crippen LogP contribution < -0.4 is 15.4 Å². The molecule has 0 saturated heterocycles. The van der Waals surface area contributed by atoms with Gasteiger partial charge in [0, 0.05) is 16.8 Å². The summed E-state index contributed by atoms with van der Waals surface area (Å²) in [6, 6.07) is 16.9. The van der Waals surface area contributed by atoms with E-state index in [2.05, 4.69) is 29.5 Å². The predicted molar refractivity (Wildman–Crippen MR) is 140 cm³/mol. The van der Waals surface area contributed by atoms with Gasteiger partial charge in [-0.2, -0.15) is 0 Å². The third kappa shape index (κ3) is 5.26. The molecule has 2 N–H and O–H groups in total. The fourth-order valence-corrected chi connectivity index (χ4v) is 3.67. The summed E-state index contributed by atoms with van der Waals surface area (Å²) in [5, 5.41) is 6.06. The Bertz CT molecular complexity index is 1340.